The maximum Gasteiger partial charge on any atom is 0.224 e. The maximum atomic E-state index is 12.2. The number of hydrogen-bond donors (Lipinski definition) is 1. The molecule has 1 amide bonds. The predicted octanol–water partition coefficient (Wildman–Crippen LogP) is 1.04. The minimum atomic E-state index is 0.163. The molecular weight excluding hydrogens is 230 g/mol. The first kappa shape index (κ1) is 13.1. The molecule has 0 radical (unpaired) electrons. The van der Waals surface area contributed by atoms with Gasteiger partial charge in [-0.2, -0.15) is 0 Å². The molecule has 1 aliphatic heterocycles. The number of carbonyl (C=O) groups excluding carboxylic acids is 1. The van der Waals surface area contributed by atoms with E-state index >= 15 is 0 Å². The van der Waals surface area contributed by atoms with Crippen molar-refractivity contribution in [1.82, 2.24) is 14.5 Å². The van der Waals surface area contributed by atoms with Crippen molar-refractivity contribution in [3.05, 3.63) is 18.7 Å². The van der Waals surface area contributed by atoms with Gasteiger partial charge in [0.15, 0.2) is 0 Å². The third-order valence-electron chi connectivity index (χ3n) is 3.55. The van der Waals surface area contributed by atoms with E-state index in [0.717, 1.165) is 25.8 Å². The summed E-state index contributed by atoms with van der Waals surface area (Å²) in [6.07, 6.45) is 9.81. The lowest BCUT2D eigenvalue weighted by molar-refractivity contribution is -0.135. The van der Waals surface area contributed by atoms with E-state index in [0.29, 0.717) is 19.4 Å². The number of nitrogens with zero attached hydrogens (tertiary/aromatic N) is 3. The van der Waals surface area contributed by atoms with Crippen LogP contribution in [0.15, 0.2) is 18.7 Å². The van der Waals surface area contributed by atoms with E-state index in [1.165, 1.54) is 0 Å². The molecule has 2 rings (SSSR count). The van der Waals surface area contributed by atoms with Crippen LogP contribution >= 0.6 is 0 Å². The van der Waals surface area contributed by atoms with E-state index in [1.54, 1.807) is 12.5 Å². The fourth-order valence-corrected chi connectivity index (χ4v) is 2.57. The van der Waals surface area contributed by atoms with Crippen molar-refractivity contribution in [2.45, 2.75) is 44.7 Å². The van der Waals surface area contributed by atoms with Gasteiger partial charge in [0.05, 0.1) is 6.33 Å². The Kier molecular flexibility index (Phi) is 4.75. The maximum absolute atomic E-state index is 12.2. The second-order valence-corrected chi connectivity index (χ2v) is 4.80. The van der Waals surface area contributed by atoms with Gasteiger partial charge in [0.1, 0.15) is 0 Å². The molecule has 1 unspecified atom stereocenters. The highest BCUT2D eigenvalue weighted by Crippen LogP contribution is 2.20. The zero-order valence-electron chi connectivity index (χ0n) is 10.7. The van der Waals surface area contributed by atoms with Crippen molar-refractivity contribution in [1.29, 1.82) is 0 Å². The Morgan fingerprint density at radius 3 is 3.06 bits per heavy atom. The topological polar surface area (TPSA) is 58.4 Å². The fourth-order valence-electron chi connectivity index (χ4n) is 2.57. The molecule has 1 aromatic rings. The Bertz CT molecular complexity index is 362. The Balaban J connectivity index is 1.85. The molecule has 5 heteroatoms. The normalized spacial score (nSPS) is 20.1. The van der Waals surface area contributed by atoms with Crippen LogP contribution < -0.4 is 0 Å². The lowest BCUT2D eigenvalue weighted by Gasteiger charge is -2.35. The van der Waals surface area contributed by atoms with E-state index in [2.05, 4.69) is 4.98 Å². The number of likely N-dealkylation sites (tertiary alicyclic amines) is 1. The molecule has 0 saturated carbocycles. The Labute approximate surface area is 107 Å². The number of aliphatic hydroxyl groups excluding tert-OH is 1. The zero-order valence-corrected chi connectivity index (χ0v) is 10.7. The summed E-state index contributed by atoms with van der Waals surface area (Å²) in [5.41, 5.74) is 0. The summed E-state index contributed by atoms with van der Waals surface area (Å²) >= 11 is 0. The first-order valence-corrected chi connectivity index (χ1v) is 6.67. The molecule has 0 spiro atoms. The number of amides is 1. The minimum absolute atomic E-state index is 0.163. The molecule has 1 atom stereocenters. The summed E-state index contributed by atoms with van der Waals surface area (Å²) in [6.45, 7) is 1.69. The summed E-state index contributed by atoms with van der Waals surface area (Å²) in [6, 6.07) is 0.235. The van der Waals surface area contributed by atoms with Gasteiger partial charge in [-0.25, -0.2) is 4.98 Å². The number of carbonyl (C=O) groups is 1. The summed E-state index contributed by atoms with van der Waals surface area (Å²) in [5, 5.41) is 9.05. The van der Waals surface area contributed by atoms with E-state index in [9.17, 15) is 4.79 Å². The van der Waals surface area contributed by atoms with Crippen LogP contribution in [-0.2, 0) is 11.3 Å². The third-order valence-corrected chi connectivity index (χ3v) is 3.55. The largest absolute Gasteiger partial charge is 0.396 e. The van der Waals surface area contributed by atoms with Crippen molar-refractivity contribution in [3.8, 4) is 0 Å². The van der Waals surface area contributed by atoms with E-state index in [4.69, 9.17) is 5.11 Å². The molecular formula is C13H21N3O2. The van der Waals surface area contributed by atoms with Gasteiger partial charge in [-0.1, -0.05) is 0 Å². The fraction of sp³-hybridized carbons (Fsp3) is 0.692. The third kappa shape index (κ3) is 3.32. The van der Waals surface area contributed by atoms with Crippen LogP contribution in [0, 0.1) is 0 Å². The Morgan fingerprint density at radius 1 is 1.44 bits per heavy atom. The van der Waals surface area contributed by atoms with Crippen LogP contribution in [0.2, 0.25) is 0 Å². The smallest absolute Gasteiger partial charge is 0.224 e. The van der Waals surface area contributed by atoms with E-state index in [1.807, 2.05) is 15.7 Å². The minimum Gasteiger partial charge on any atom is -0.396 e. The monoisotopic (exact) mass is 251 g/mol. The highest BCUT2D eigenvalue weighted by molar-refractivity contribution is 5.76. The Morgan fingerprint density at radius 2 is 2.33 bits per heavy atom. The molecule has 1 N–H and O–H groups in total. The second kappa shape index (κ2) is 6.54. The highest BCUT2D eigenvalue weighted by atomic mass is 16.3. The first-order valence-electron chi connectivity index (χ1n) is 6.67. The summed E-state index contributed by atoms with van der Waals surface area (Å²) in [7, 11) is 0. The van der Waals surface area contributed by atoms with Gasteiger partial charge >= 0.3 is 0 Å². The number of rotatable bonds is 5. The van der Waals surface area contributed by atoms with Crippen molar-refractivity contribution in [2.75, 3.05) is 13.2 Å². The second-order valence-electron chi connectivity index (χ2n) is 4.80. The van der Waals surface area contributed by atoms with Crippen molar-refractivity contribution >= 4 is 5.91 Å². The molecule has 5 nitrogen and oxygen atoms in total. The van der Waals surface area contributed by atoms with Gasteiger partial charge < -0.3 is 14.6 Å². The van der Waals surface area contributed by atoms with Gasteiger partial charge in [-0.05, 0) is 25.7 Å². The predicted molar refractivity (Wildman–Crippen MR) is 67.9 cm³/mol. The molecule has 100 valence electrons. The summed E-state index contributed by atoms with van der Waals surface area (Å²) in [4.78, 5) is 18.1. The van der Waals surface area contributed by atoms with Crippen LogP contribution in [0.4, 0.5) is 0 Å². The van der Waals surface area contributed by atoms with E-state index in [-0.39, 0.29) is 18.6 Å². The van der Waals surface area contributed by atoms with Crippen molar-refractivity contribution < 1.29 is 9.90 Å². The van der Waals surface area contributed by atoms with E-state index < -0.39 is 0 Å². The first-order chi connectivity index (χ1) is 8.81. The standard InChI is InChI=1S/C13H21N3O2/c17-10-5-12-3-1-2-7-16(12)13(18)4-8-15-9-6-14-11-15/h6,9,11-12,17H,1-5,7-8,10H2. The Hall–Kier alpha value is -1.36. The summed E-state index contributed by atoms with van der Waals surface area (Å²) < 4.78 is 1.92. The molecule has 1 fully saturated rings. The number of imidazole rings is 1. The molecule has 18 heavy (non-hydrogen) atoms. The number of aliphatic hydroxyl groups is 1. The number of hydrogen-bond acceptors (Lipinski definition) is 3. The van der Waals surface area contributed by atoms with Gasteiger partial charge in [0, 0.05) is 44.6 Å². The number of aryl methyl sites for hydroxylation is 1. The van der Waals surface area contributed by atoms with Gasteiger partial charge in [-0.3, -0.25) is 4.79 Å². The average molecular weight is 251 g/mol. The molecule has 0 aliphatic carbocycles. The molecule has 1 aliphatic rings. The molecule has 0 bridgehead atoms. The van der Waals surface area contributed by atoms with Crippen LogP contribution in [-0.4, -0.2) is 44.7 Å². The SMILES string of the molecule is O=C(CCn1ccnc1)N1CCCCC1CCO. The van der Waals surface area contributed by atoms with Crippen molar-refractivity contribution in [3.63, 3.8) is 0 Å². The average Bonchev–Trinajstić information content (AvgIpc) is 2.90. The quantitative estimate of drug-likeness (QED) is 0.850. The summed E-state index contributed by atoms with van der Waals surface area (Å²) in [5.74, 6) is 0.196. The van der Waals surface area contributed by atoms with Crippen LogP contribution in [0.25, 0.3) is 0 Å². The number of piperidine rings is 1. The highest BCUT2D eigenvalue weighted by Gasteiger charge is 2.25. The lowest BCUT2D eigenvalue weighted by atomic mass is 9.99. The van der Waals surface area contributed by atoms with Crippen molar-refractivity contribution in [2.24, 2.45) is 0 Å². The van der Waals surface area contributed by atoms with Gasteiger partial charge in [0.2, 0.25) is 5.91 Å². The van der Waals surface area contributed by atoms with Gasteiger partial charge in [-0.15, -0.1) is 0 Å². The number of aromatic nitrogens is 2. The van der Waals surface area contributed by atoms with Crippen LogP contribution in [0.3, 0.4) is 0 Å². The van der Waals surface area contributed by atoms with Crippen LogP contribution in [0.1, 0.15) is 32.1 Å². The molecule has 1 aromatic heterocycles. The molecule has 0 aromatic carbocycles. The lowest BCUT2D eigenvalue weighted by Crippen LogP contribution is -2.44. The molecule has 2 heterocycles. The van der Waals surface area contributed by atoms with Crippen LogP contribution in [0.5, 0.6) is 0 Å². The zero-order chi connectivity index (χ0) is 12.8. The van der Waals surface area contributed by atoms with Gasteiger partial charge in [0.25, 0.3) is 0 Å². The molecule has 1 saturated heterocycles.